The van der Waals surface area contributed by atoms with Gasteiger partial charge in [0.1, 0.15) is 0 Å². The van der Waals surface area contributed by atoms with Crippen LogP contribution in [-0.2, 0) is 22.6 Å². The monoisotopic (exact) mass is 429 g/mol. The molecule has 8 heteroatoms. The average molecular weight is 430 g/mol. The summed E-state index contributed by atoms with van der Waals surface area (Å²) in [5, 5.41) is 16.1. The number of aryl methyl sites for hydroxylation is 1. The van der Waals surface area contributed by atoms with E-state index >= 15 is 0 Å². The molecule has 2 N–H and O–H groups in total. The van der Waals surface area contributed by atoms with Gasteiger partial charge >= 0.3 is 6.16 Å². The molecule has 1 amide bonds. The number of hydroxylamine groups is 2. The molecule has 2 fully saturated rings. The topological polar surface area (TPSA) is 82.1 Å². The SMILES string of the molecule is CSCCc1cc2ccccc2cc1CN1C(=O)CNC12CCN(OC(=O)O)CC2. The highest BCUT2D eigenvalue weighted by Gasteiger charge is 2.47. The predicted molar refractivity (Wildman–Crippen MR) is 117 cm³/mol. The average Bonchev–Trinajstić information content (AvgIpc) is 3.03. The van der Waals surface area contributed by atoms with Gasteiger partial charge in [0.15, 0.2) is 0 Å². The Hall–Kier alpha value is -2.29. The number of benzene rings is 2. The van der Waals surface area contributed by atoms with Crippen LogP contribution in [0.5, 0.6) is 0 Å². The third kappa shape index (κ3) is 4.26. The summed E-state index contributed by atoms with van der Waals surface area (Å²) in [7, 11) is 0. The summed E-state index contributed by atoms with van der Waals surface area (Å²) in [5.74, 6) is 1.12. The number of hydrogen-bond acceptors (Lipinski definition) is 6. The summed E-state index contributed by atoms with van der Waals surface area (Å²) >= 11 is 1.82. The molecule has 0 radical (unpaired) electrons. The molecule has 2 aromatic rings. The fraction of sp³-hybridized carbons (Fsp3) is 0.455. The van der Waals surface area contributed by atoms with E-state index in [1.54, 1.807) is 0 Å². The summed E-state index contributed by atoms with van der Waals surface area (Å²) < 4.78 is 0. The molecule has 160 valence electrons. The van der Waals surface area contributed by atoms with Gasteiger partial charge in [-0.3, -0.25) is 10.1 Å². The van der Waals surface area contributed by atoms with Crippen molar-refractivity contribution in [3.8, 4) is 0 Å². The van der Waals surface area contributed by atoms with Gasteiger partial charge < -0.3 is 14.8 Å². The van der Waals surface area contributed by atoms with Crippen LogP contribution in [0.4, 0.5) is 4.79 Å². The fourth-order valence-electron chi connectivity index (χ4n) is 4.51. The molecule has 0 saturated carbocycles. The Morgan fingerprint density at radius 3 is 2.50 bits per heavy atom. The number of carboxylic acid groups (broad SMARTS) is 1. The maximum atomic E-state index is 12.8. The Kier molecular flexibility index (Phi) is 6.17. The van der Waals surface area contributed by atoms with Crippen molar-refractivity contribution in [2.24, 2.45) is 0 Å². The lowest BCUT2D eigenvalue weighted by atomic mass is 9.94. The van der Waals surface area contributed by atoms with E-state index in [-0.39, 0.29) is 5.91 Å². The Bertz CT molecular complexity index is 943. The first-order valence-electron chi connectivity index (χ1n) is 10.2. The molecule has 0 bridgehead atoms. The Labute approximate surface area is 180 Å². The predicted octanol–water partition coefficient (Wildman–Crippen LogP) is 3.08. The minimum atomic E-state index is -1.30. The van der Waals surface area contributed by atoms with Gasteiger partial charge in [-0.1, -0.05) is 30.3 Å². The molecule has 7 nitrogen and oxygen atoms in total. The van der Waals surface area contributed by atoms with Crippen LogP contribution in [-0.4, -0.2) is 64.4 Å². The van der Waals surface area contributed by atoms with Crippen molar-refractivity contribution in [1.82, 2.24) is 15.3 Å². The molecule has 2 aliphatic rings. The Morgan fingerprint density at radius 1 is 1.20 bits per heavy atom. The second-order valence-electron chi connectivity index (χ2n) is 7.86. The number of carbonyl (C=O) groups is 2. The molecule has 2 heterocycles. The quantitative estimate of drug-likeness (QED) is 0.730. The number of piperidine rings is 1. The zero-order valence-corrected chi connectivity index (χ0v) is 17.9. The van der Waals surface area contributed by atoms with Crippen LogP contribution in [0.3, 0.4) is 0 Å². The first-order chi connectivity index (χ1) is 14.5. The highest BCUT2D eigenvalue weighted by Crippen LogP contribution is 2.33. The second-order valence-corrected chi connectivity index (χ2v) is 8.85. The van der Waals surface area contributed by atoms with E-state index in [2.05, 4.69) is 41.9 Å². The van der Waals surface area contributed by atoms with Crippen LogP contribution < -0.4 is 5.32 Å². The largest absolute Gasteiger partial charge is 0.525 e. The number of rotatable bonds is 6. The molecule has 0 aliphatic carbocycles. The van der Waals surface area contributed by atoms with Crippen molar-refractivity contribution in [1.29, 1.82) is 0 Å². The van der Waals surface area contributed by atoms with Gasteiger partial charge in [0.25, 0.3) is 0 Å². The first-order valence-corrected chi connectivity index (χ1v) is 11.6. The molecular weight excluding hydrogens is 402 g/mol. The maximum Gasteiger partial charge on any atom is 0.525 e. The molecule has 2 aliphatic heterocycles. The number of thioether (sulfide) groups is 1. The number of nitrogens with one attached hydrogen (secondary N) is 1. The smallest absolute Gasteiger partial charge is 0.448 e. The molecule has 0 unspecified atom stereocenters. The lowest BCUT2D eigenvalue weighted by Gasteiger charge is -2.43. The molecule has 2 saturated heterocycles. The van der Waals surface area contributed by atoms with E-state index < -0.39 is 11.8 Å². The molecule has 0 atom stereocenters. The zero-order chi connectivity index (χ0) is 21.1. The highest BCUT2D eigenvalue weighted by atomic mass is 32.2. The fourth-order valence-corrected chi connectivity index (χ4v) is 4.93. The van der Waals surface area contributed by atoms with Gasteiger partial charge in [-0.05, 0) is 46.4 Å². The van der Waals surface area contributed by atoms with E-state index in [0.29, 0.717) is 39.0 Å². The summed E-state index contributed by atoms with van der Waals surface area (Å²) in [6, 6.07) is 12.8. The first kappa shape index (κ1) is 21.0. The van der Waals surface area contributed by atoms with Gasteiger partial charge in [0.2, 0.25) is 5.91 Å². The van der Waals surface area contributed by atoms with Crippen molar-refractivity contribution < 1.29 is 19.5 Å². The Balaban J connectivity index is 1.59. The van der Waals surface area contributed by atoms with Crippen LogP contribution in [0, 0.1) is 0 Å². The van der Waals surface area contributed by atoms with Crippen molar-refractivity contribution >= 4 is 34.6 Å². The van der Waals surface area contributed by atoms with Gasteiger partial charge in [-0.2, -0.15) is 11.8 Å². The molecular formula is C22H27N3O4S. The number of nitrogens with zero attached hydrogens (tertiary/aromatic N) is 2. The number of hydrogen-bond donors (Lipinski definition) is 2. The van der Waals surface area contributed by atoms with Crippen LogP contribution in [0.25, 0.3) is 10.8 Å². The van der Waals surface area contributed by atoms with E-state index in [1.165, 1.54) is 27.0 Å². The van der Waals surface area contributed by atoms with E-state index in [4.69, 9.17) is 9.94 Å². The van der Waals surface area contributed by atoms with Crippen molar-refractivity contribution in [3.05, 3.63) is 47.5 Å². The minimum absolute atomic E-state index is 0.0894. The van der Waals surface area contributed by atoms with Crippen LogP contribution in [0.15, 0.2) is 36.4 Å². The number of fused-ring (bicyclic) bond motifs is 1. The lowest BCUT2D eigenvalue weighted by Crippen LogP contribution is -2.58. The molecule has 1 spiro atoms. The highest BCUT2D eigenvalue weighted by molar-refractivity contribution is 7.98. The van der Waals surface area contributed by atoms with Gasteiger partial charge in [-0.15, -0.1) is 5.06 Å². The summed E-state index contributed by atoms with van der Waals surface area (Å²) in [4.78, 5) is 30.4. The van der Waals surface area contributed by atoms with Crippen molar-refractivity contribution in [2.45, 2.75) is 31.5 Å². The van der Waals surface area contributed by atoms with Gasteiger partial charge in [0.05, 0.1) is 12.2 Å². The summed E-state index contributed by atoms with van der Waals surface area (Å²) in [5.41, 5.74) is 2.02. The number of carbonyl (C=O) groups excluding carboxylic acids is 1. The normalized spacial score (nSPS) is 19.0. The van der Waals surface area contributed by atoms with Crippen molar-refractivity contribution in [2.75, 3.05) is 31.6 Å². The van der Waals surface area contributed by atoms with Crippen molar-refractivity contribution in [3.63, 3.8) is 0 Å². The van der Waals surface area contributed by atoms with Crippen LogP contribution in [0.1, 0.15) is 24.0 Å². The second kappa shape index (κ2) is 8.83. The maximum absolute atomic E-state index is 12.8. The van der Waals surface area contributed by atoms with Gasteiger partial charge in [0, 0.05) is 32.5 Å². The number of amides is 1. The van der Waals surface area contributed by atoms with Gasteiger partial charge in [-0.25, -0.2) is 4.79 Å². The van der Waals surface area contributed by atoms with E-state index in [0.717, 1.165) is 12.2 Å². The zero-order valence-electron chi connectivity index (χ0n) is 17.1. The van der Waals surface area contributed by atoms with E-state index in [9.17, 15) is 9.59 Å². The molecule has 4 rings (SSSR count). The Morgan fingerprint density at radius 2 is 1.87 bits per heavy atom. The molecule has 0 aromatic heterocycles. The summed E-state index contributed by atoms with van der Waals surface area (Å²) in [6.07, 6.45) is 3.02. The summed E-state index contributed by atoms with van der Waals surface area (Å²) in [6.45, 7) is 1.79. The third-order valence-corrected chi connectivity index (χ3v) is 6.73. The van der Waals surface area contributed by atoms with Crippen LogP contribution in [0.2, 0.25) is 0 Å². The van der Waals surface area contributed by atoms with E-state index in [1.807, 2.05) is 22.7 Å². The lowest BCUT2D eigenvalue weighted by molar-refractivity contribution is -0.156. The molecule has 2 aromatic carbocycles. The molecule has 30 heavy (non-hydrogen) atoms. The minimum Gasteiger partial charge on any atom is -0.448 e. The third-order valence-electron chi connectivity index (χ3n) is 6.12. The standard InChI is InChI=1S/C22H27N3O4S/c1-30-11-6-18-12-16-4-2-3-5-17(16)13-19(18)15-25-20(26)14-23-22(25)7-9-24(10-8-22)29-21(27)28/h2-5,12-13,23H,6-11,14-15H2,1H3,(H,27,28). The van der Waals surface area contributed by atoms with Crippen LogP contribution >= 0.6 is 11.8 Å².